The van der Waals surface area contributed by atoms with Crippen molar-refractivity contribution in [3.8, 4) is 0 Å². The van der Waals surface area contributed by atoms with E-state index in [2.05, 4.69) is 59.4 Å². The lowest BCUT2D eigenvalue weighted by molar-refractivity contribution is 0.0466. The van der Waals surface area contributed by atoms with Crippen LogP contribution in [0.2, 0.25) is 0 Å². The van der Waals surface area contributed by atoms with Crippen LogP contribution in [-0.4, -0.2) is 25.3 Å². The molecule has 1 heterocycles. The van der Waals surface area contributed by atoms with Crippen molar-refractivity contribution in [2.75, 3.05) is 13.1 Å². The van der Waals surface area contributed by atoms with Crippen LogP contribution >= 0.6 is 15.9 Å². The second-order valence-corrected chi connectivity index (χ2v) is 6.36. The maximum atomic E-state index is 5.98. The third-order valence-corrected chi connectivity index (χ3v) is 4.32. The van der Waals surface area contributed by atoms with E-state index in [9.17, 15) is 0 Å². The van der Waals surface area contributed by atoms with Crippen LogP contribution in [0, 0.1) is 0 Å². The molecular formula is C16H24BrNO. The van der Waals surface area contributed by atoms with Crippen LogP contribution < -0.4 is 5.32 Å². The summed E-state index contributed by atoms with van der Waals surface area (Å²) in [7, 11) is 0. The largest absolute Gasteiger partial charge is 0.375 e. The van der Waals surface area contributed by atoms with Crippen molar-refractivity contribution in [2.24, 2.45) is 0 Å². The minimum Gasteiger partial charge on any atom is -0.375 e. The monoisotopic (exact) mass is 325 g/mol. The predicted octanol–water partition coefficient (Wildman–Crippen LogP) is 4.10. The number of hydrogen-bond acceptors (Lipinski definition) is 2. The van der Waals surface area contributed by atoms with Gasteiger partial charge in [-0.1, -0.05) is 35.0 Å². The molecule has 1 aromatic rings. The summed E-state index contributed by atoms with van der Waals surface area (Å²) in [6, 6.07) is 8.67. The van der Waals surface area contributed by atoms with Crippen LogP contribution in [0.1, 0.15) is 44.6 Å². The number of ether oxygens (including phenoxy) is 1. The molecule has 1 saturated heterocycles. The Balaban J connectivity index is 2.02. The molecule has 3 unspecified atom stereocenters. The van der Waals surface area contributed by atoms with Crippen LogP contribution in [0.5, 0.6) is 0 Å². The SMILES string of the molecule is CCNCC(CC1CCC(C)O1)c1cccc(Br)c1. The van der Waals surface area contributed by atoms with Gasteiger partial charge in [0.05, 0.1) is 12.2 Å². The van der Waals surface area contributed by atoms with Gasteiger partial charge < -0.3 is 10.1 Å². The highest BCUT2D eigenvalue weighted by atomic mass is 79.9. The molecule has 0 radical (unpaired) electrons. The second kappa shape index (κ2) is 7.41. The Kier molecular flexibility index (Phi) is 5.86. The Morgan fingerprint density at radius 2 is 2.26 bits per heavy atom. The average molecular weight is 326 g/mol. The third kappa shape index (κ3) is 4.59. The van der Waals surface area contributed by atoms with Crippen molar-refractivity contribution in [1.29, 1.82) is 0 Å². The molecule has 1 aliphatic rings. The summed E-state index contributed by atoms with van der Waals surface area (Å²) in [5.41, 5.74) is 1.40. The first-order valence-corrected chi connectivity index (χ1v) is 8.10. The molecule has 2 nitrogen and oxygen atoms in total. The van der Waals surface area contributed by atoms with E-state index in [1.54, 1.807) is 0 Å². The van der Waals surface area contributed by atoms with Crippen molar-refractivity contribution in [2.45, 2.75) is 51.2 Å². The average Bonchev–Trinajstić information content (AvgIpc) is 2.80. The molecule has 0 saturated carbocycles. The number of halogens is 1. The van der Waals surface area contributed by atoms with Crippen molar-refractivity contribution in [3.63, 3.8) is 0 Å². The summed E-state index contributed by atoms with van der Waals surface area (Å²) in [6.07, 6.45) is 4.40. The van der Waals surface area contributed by atoms with E-state index >= 15 is 0 Å². The van der Waals surface area contributed by atoms with Crippen molar-refractivity contribution in [3.05, 3.63) is 34.3 Å². The molecule has 1 aromatic carbocycles. The van der Waals surface area contributed by atoms with Gasteiger partial charge in [0.1, 0.15) is 0 Å². The number of benzene rings is 1. The van der Waals surface area contributed by atoms with Gasteiger partial charge in [-0.05, 0) is 56.3 Å². The highest BCUT2D eigenvalue weighted by Gasteiger charge is 2.25. The molecule has 106 valence electrons. The molecule has 1 N–H and O–H groups in total. The van der Waals surface area contributed by atoms with Gasteiger partial charge in [0.25, 0.3) is 0 Å². The quantitative estimate of drug-likeness (QED) is 0.850. The van der Waals surface area contributed by atoms with Crippen LogP contribution in [-0.2, 0) is 4.74 Å². The Morgan fingerprint density at radius 3 is 2.89 bits per heavy atom. The Bertz CT molecular complexity index is 396. The first-order chi connectivity index (χ1) is 9.19. The Labute approximate surface area is 125 Å². The maximum Gasteiger partial charge on any atom is 0.0586 e. The van der Waals surface area contributed by atoms with Gasteiger partial charge in [-0.25, -0.2) is 0 Å². The minimum absolute atomic E-state index is 0.428. The lowest BCUT2D eigenvalue weighted by atomic mass is 9.92. The normalized spacial score (nSPS) is 24.6. The molecule has 19 heavy (non-hydrogen) atoms. The summed E-state index contributed by atoms with van der Waals surface area (Å²) in [4.78, 5) is 0. The Morgan fingerprint density at radius 1 is 1.42 bits per heavy atom. The molecule has 2 rings (SSSR count). The molecule has 0 aliphatic carbocycles. The molecular weight excluding hydrogens is 302 g/mol. The topological polar surface area (TPSA) is 21.3 Å². The van der Waals surface area contributed by atoms with E-state index < -0.39 is 0 Å². The standard InChI is InChI=1S/C16H24BrNO/c1-3-18-11-14(10-16-8-7-12(2)19-16)13-5-4-6-15(17)9-13/h4-6,9,12,14,16,18H,3,7-8,10-11H2,1-2H3. The molecule has 0 amide bonds. The smallest absolute Gasteiger partial charge is 0.0586 e. The maximum absolute atomic E-state index is 5.98. The highest BCUT2D eigenvalue weighted by molar-refractivity contribution is 9.10. The van der Waals surface area contributed by atoms with E-state index in [1.165, 1.54) is 18.4 Å². The fourth-order valence-electron chi connectivity index (χ4n) is 2.79. The fraction of sp³-hybridized carbons (Fsp3) is 0.625. The van der Waals surface area contributed by atoms with Crippen LogP contribution in [0.4, 0.5) is 0 Å². The molecule has 0 spiro atoms. The zero-order valence-electron chi connectivity index (χ0n) is 11.9. The van der Waals surface area contributed by atoms with Crippen LogP contribution in [0.3, 0.4) is 0 Å². The third-order valence-electron chi connectivity index (χ3n) is 3.83. The molecule has 3 atom stereocenters. The first kappa shape index (κ1) is 15.0. The molecule has 3 heteroatoms. The highest BCUT2D eigenvalue weighted by Crippen LogP contribution is 2.30. The van der Waals surface area contributed by atoms with Gasteiger partial charge in [-0.15, -0.1) is 0 Å². The summed E-state index contributed by atoms with van der Waals surface area (Å²) in [5, 5.41) is 3.48. The molecule has 0 aromatic heterocycles. The van der Waals surface area contributed by atoms with Gasteiger partial charge in [0, 0.05) is 11.0 Å². The summed E-state index contributed by atoms with van der Waals surface area (Å²) < 4.78 is 7.14. The molecule has 1 aliphatic heterocycles. The van der Waals surface area contributed by atoms with Gasteiger partial charge in [-0.2, -0.15) is 0 Å². The lowest BCUT2D eigenvalue weighted by Gasteiger charge is -2.22. The van der Waals surface area contributed by atoms with Gasteiger partial charge in [0.2, 0.25) is 0 Å². The zero-order valence-corrected chi connectivity index (χ0v) is 13.4. The summed E-state index contributed by atoms with van der Waals surface area (Å²) in [5.74, 6) is 0.535. The number of hydrogen-bond donors (Lipinski definition) is 1. The fourth-order valence-corrected chi connectivity index (χ4v) is 3.21. The van der Waals surface area contributed by atoms with E-state index in [1.807, 2.05) is 0 Å². The van der Waals surface area contributed by atoms with Gasteiger partial charge >= 0.3 is 0 Å². The van der Waals surface area contributed by atoms with Gasteiger partial charge in [0.15, 0.2) is 0 Å². The molecule has 0 bridgehead atoms. The lowest BCUT2D eigenvalue weighted by Crippen LogP contribution is -2.24. The number of rotatable bonds is 6. The van der Waals surface area contributed by atoms with E-state index in [-0.39, 0.29) is 0 Å². The van der Waals surface area contributed by atoms with Crippen molar-refractivity contribution < 1.29 is 4.74 Å². The second-order valence-electron chi connectivity index (χ2n) is 5.44. The van der Waals surface area contributed by atoms with E-state index in [0.29, 0.717) is 18.1 Å². The number of likely N-dealkylation sites (N-methyl/N-ethyl adjacent to an activating group) is 1. The van der Waals surface area contributed by atoms with Gasteiger partial charge in [-0.3, -0.25) is 0 Å². The first-order valence-electron chi connectivity index (χ1n) is 7.30. The summed E-state index contributed by atoms with van der Waals surface area (Å²) in [6.45, 7) is 6.39. The summed E-state index contributed by atoms with van der Waals surface area (Å²) >= 11 is 3.57. The predicted molar refractivity (Wildman–Crippen MR) is 83.6 cm³/mol. The number of nitrogens with one attached hydrogen (secondary N) is 1. The van der Waals surface area contributed by atoms with Crippen LogP contribution in [0.15, 0.2) is 28.7 Å². The zero-order chi connectivity index (χ0) is 13.7. The van der Waals surface area contributed by atoms with E-state index in [4.69, 9.17) is 4.74 Å². The minimum atomic E-state index is 0.428. The van der Waals surface area contributed by atoms with Crippen molar-refractivity contribution >= 4 is 15.9 Å². The van der Waals surface area contributed by atoms with E-state index in [0.717, 1.165) is 24.0 Å². The Hall–Kier alpha value is -0.380. The molecule has 1 fully saturated rings. The van der Waals surface area contributed by atoms with Crippen molar-refractivity contribution in [1.82, 2.24) is 5.32 Å². The van der Waals surface area contributed by atoms with Crippen LogP contribution in [0.25, 0.3) is 0 Å².